The number of halogens is 1. The van der Waals surface area contributed by atoms with Crippen molar-refractivity contribution in [1.82, 2.24) is 4.98 Å². The van der Waals surface area contributed by atoms with E-state index in [0.29, 0.717) is 29.7 Å². The number of fused-ring (bicyclic) bond motifs is 1. The molecule has 0 bridgehead atoms. The van der Waals surface area contributed by atoms with Gasteiger partial charge in [-0.1, -0.05) is 11.6 Å². The van der Waals surface area contributed by atoms with Crippen LogP contribution >= 0.6 is 11.6 Å². The van der Waals surface area contributed by atoms with Crippen molar-refractivity contribution in [2.45, 2.75) is 12.0 Å². The average Bonchev–Trinajstić information content (AvgIpc) is 2.84. The SMILES string of the molecule is NC1(c2nc3ccc(Cl)cc3o2)CCOC1. The third-order valence-corrected chi connectivity index (χ3v) is 3.06. The number of rotatable bonds is 1. The predicted molar refractivity (Wildman–Crippen MR) is 60.3 cm³/mol. The summed E-state index contributed by atoms with van der Waals surface area (Å²) < 4.78 is 10.9. The van der Waals surface area contributed by atoms with E-state index in [2.05, 4.69) is 4.98 Å². The van der Waals surface area contributed by atoms with Crippen molar-refractivity contribution in [3.63, 3.8) is 0 Å². The van der Waals surface area contributed by atoms with Crippen LogP contribution in [0.5, 0.6) is 0 Å². The van der Waals surface area contributed by atoms with Gasteiger partial charge in [0.05, 0.1) is 6.61 Å². The first kappa shape index (κ1) is 10.1. The number of hydrogen-bond acceptors (Lipinski definition) is 4. The van der Waals surface area contributed by atoms with Crippen molar-refractivity contribution >= 4 is 22.7 Å². The number of benzene rings is 1. The molecule has 5 heteroatoms. The summed E-state index contributed by atoms with van der Waals surface area (Å²) in [7, 11) is 0. The van der Waals surface area contributed by atoms with E-state index in [9.17, 15) is 0 Å². The molecule has 1 aliphatic rings. The lowest BCUT2D eigenvalue weighted by Gasteiger charge is -2.16. The van der Waals surface area contributed by atoms with E-state index in [4.69, 9.17) is 26.5 Å². The van der Waals surface area contributed by atoms with E-state index in [1.54, 1.807) is 12.1 Å². The number of nitrogens with two attached hydrogens (primary N) is 1. The second kappa shape index (κ2) is 3.45. The third kappa shape index (κ3) is 1.50. The minimum absolute atomic E-state index is 0.452. The van der Waals surface area contributed by atoms with Crippen LogP contribution in [0.2, 0.25) is 5.02 Å². The van der Waals surface area contributed by atoms with Gasteiger partial charge < -0.3 is 14.9 Å². The average molecular weight is 239 g/mol. The van der Waals surface area contributed by atoms with E-state index in [-0.39, 0.29) is 0 Å². The van der Waals surface area contributed by atoms with Crippen LogP contribution in [0.15, 0.2) is 22.6 Å². The Balaban J connectivity index is 2.11. The molecule has 84 valence electrons. The molecule has 0 spiro atoms. The fourth-order valence-electron chi connectivity index (χ4n) is 1.86. The Bertz CT molecular complexity index is 532. The van der Waals surface area contributed by atoms with E-state index in [0.717, 1.165) is 11.9 Å². The fraction of sp³-hybridized carbons (Fsp3) is 0.364. The van der Waals surface area contributed by atoms with Gasteiger partial charge in [-0.2, -0.15) is 0 Å². The smallest absolute Gasteiger partial charge is 0.218 e. The van der Waals surface area contributed by atoms with Gasteiger partial charge in [-0.15, -0.1) is 0 Å². The largest absolute Gasteiger partial charge is 0.439 e. The van der Waals surface area contributed by atoms with Gasteiger partial charge in [-0.3, -0.25) is 0 Å². The summed E-state index contributed by atoms with van der Waals surface area (Å²) >= 11 is 5.88. The molecule has 16 heavy (non-hydrogen) atoms. The summed E-state index contributed by atoms with van der Waals surface area (Å²) in [6.07, 6.45) is 0.730. The van der Waals surface area contributed by atoms with Crippen LogP contribution in [0.1, 0.15) is 12.3 Å². The first-order valence-electron chi connectivity index (χ1n) is 5.11. The van der Waals surface area contributed by atoms with Crippen molar-refractivity contribution in [3.8, 4) is 0 Å². The molecule has 1 aromatic heterocycles. The zero-order valence-electron chi connectivity index (χ0n) is 8.57. The molecule has 1 unspecified atom stereocenters. The minimum Gasteiger partial charge on any atom is -0.439 e. The molecule has 1 aromatic carbocycles. The van der Waals surface area contributed by atoms with Crippen LogP contribution in [-0.4, -0.2) is 18.2 Å². The Morgan fingerprint density at radius 3 is 3.06 bits per heavy atom. The van der Waals surface area contributed by atoms with E-state index in [1.807, 2.05) is 6.07 Å². The number of hydrogen-bond donors (Lipinski definition) is 1. The summed E-state index contributed by atoms with van der Waals surface area (Å²) in [4.78, 5) is 4.38. The quantitative estimate of drug-likeness (QED) is 0.826. The molecular weight excluding hydrogens is 228 g/mol. The number of aromatic nitrogens is 1. The Morgan fingerprint density at radius 1 is 1.44 bits per heavy atom. The molecule has 0 saturated carbocycles. The fourth-order valence-corrected chi connectivity index (χ4v) is 2.02. The van der Waals surface area contributed by atoms with Crippen LogP contribution < -0.4 is 5.73 Å². The third-order valence-electron chi connectivity index (χ3n) is 2.83. The van der Waals surface area contributed by atoms with Crippen molar-refractivity contribution in [1.29, 1.82) is 0 Å². The molecule has 1 atom stereocenters. The van der Waals surface area contributed by atoms with E-state index in [1.165, 1.54) is 0 Å². The highest BCUT2D eigenvalue weighted by molar-refractivity contribution is 6.31. The van der Waals surface area contributed by atoms with Gasteiger partial charge in [0.25, 0.3) is 0 Å². The Labute approximate surface area is 97.3 Å². The van der Waals surface area contributed by atoms with Gasteiger partial charge >= 0.3 is 0 Å². The lowest BCUT2D eigenvalue weighted by atomic mass is 10.0. The summed E-state index contributed by atoms with van der Waals surface area (Å²) in [6, 6.07) is 5.35. The number of oxazole rings is 1. The Kier molecular flexibility index (Phi) is 2.17. The zero-order valence-corrected chi connectivity index (χ0v) is 9.33. The van der Waals surface area contributed by atoms with Gasteiger partial charge in [0, 0.05) is 17.7 Å². The van der Waals surface area contributed by atoms with Crippen molar-refractivity contribution in [2.24, 2.45) is 5.73 Å². The molecule has 1 saturated heterocycles. The molecular formula is C11H11ClN2O2. The molecule has 0 aliphatic carbocycles. The van der Waals surface area contributed by atoms with E-state index < -0.39 is 5.54 Å². The molecule has 4 nitrogen and oxygen atoms in total. The Morgan fingerprint density at radius 2 is 2.31 bits per heavy atom. The van der Waals surface area contributed by atoms with Gasteiger partial charge in [-0.05, 0) is 18.6 Å². The molecule has 2 N–H and O–H groups in total. The lowest BCUT2D eigenvalue weighted by molar-refractivity contribution is 0.170. The second-order valence-electron chi connectivity index (χ2n) is 4.09. The van der Waals surface area contributed by atoms with Gasteiger partial charge in [0.2, 0.25) is 5.89 Å². The minimum atomic E-state index is -0.592. The summed E-state index contributed by atoms with van der Waals surface area (Å²) in [5, 5.41) is 0.629. The maximum Gasteiger partial charge on any atom is 0.218 e. The van der Waals surface area contributed by atoms with Gasteiger partial charge in [-0.25, -0.2) is 4.98 Å². The van der Waals surface area contributed by atoms with E-state index >= 15 is 0 Å². The molecule has 1 aliphatic heterocycles. The van der Waals surface area contributed by atoms with Crippen LogP contribution in [0.4, 0.5) is 0 Å². The highest BCUT2D eigenvalue weighted by Gasteiger charge is 2.37. The summed E-state index contributed by atoms with van der Waals surface area (Å²) in [5.41, 5.74) is 7.02. The van der Waals surface area contributed by atoms with Crippen LogP contribution in [0, 0.1) is 0 Å². The highest BCUT2D eigenvalue weighted by Crippen LogP contribution is 2.30. The second-order valence-corrected chi connectivity index (χ2v) is 4.53. The van der Waals surface area contributed by atoms with Crippen molar-refractivity contribution in [2.75, 3.05) is 13.2 Å². The number of ether oxygens (including phenoxy) is 1. The standard InChI is InChI=1S/C11H11ClN2O2/c12-7-1-2-8-9(5-7)16-10(14-8)11(13)3-4-15-6-11/h1-2,5H,3-4,6,13H2. The molecule has 0 amide bonds. The van der Waals surface area contributed by atoms with Gasteiger partial charge in [0.1, 0.15) is 11.1 Å². The Hall–Kier alpha value is -1.10. The normalized spacial score (nSPS) is 25.4. The van der Waals surface area contributed by atoms with Gasteiger partial charge in [0.15, 0.2) is 5.58 Å². The maximum atomic E-state index is 6.17. The molecule has 1 fully saturated rings. The number of nitrogens with zero attached hydrogens (tertiary/aromatic N) is 1. The summed E-state index contributed by atoms with van der Waals surface area (Å²) in [5.74, 6) is 0.530. The zero-order chi connectivity index (χ0) is 11.2. The first-order valence-corrected chi connectivity index (χ1v) is 5.48. The van der Waals surface area contributed by atoms with Crippen LogP contribution in [0.3, 0.4) is 0 Å². The first-order chi connectivity index (χ1) is 7.67. The topological polar surface area (TPSA) is 61.3 Å². The maximum absolute atomic E-state index is 6.17. The van der Waals surface area contributed by atoms with Crippen molar-refractivity contribution < 1.29 is 9.15 Å². The molecule has 0 radical (unpaired) electrons. The van der Waals surface area contributed by atoms with Crippen LogP contribution in [-0.2, 0) is 10.3 Å². The molecule has 3 rings (SSSR count). The van der Waals surface area contributed by atoms with Crippen LogP contribution in [0.25, 0.3) is 11.1 Å². The monoisotopic (exact) mass is 238 g/mol. The highest BCUT2D eigenvalue weighted by atomic mass is 35.5. The lowest BCUT2D eigenvalue weighted by Crippen LogP contribution is -2.37. The summed E-state index contributed by atoms with van der Waals surface area (Å²) in [6.45, 7) is 1.10. The van der Waals surface area contributed by atoms with Crippen molar-refractivity contribution in [3.05, 3.63) is 29.1 Å². The predicted octanol–water partition coefficient (Wildman–Crippen LogP) is 2.06. The molecule has 2 aromatic rings. The molecule has 2 heterocycles.